The Bertz CT molecular complexity index is 857. The number of aromatic nitrogens is 1. The maximum Gasteiger partial charge on any atom is 0.410 e. The van der Waals surface area contributed by atoms with Gasteiger partial charge in [-0.15, -0.1) is 0 Å². The number of carbonyl (C=O) groups is 1. The van der Waals surface area contributed by atoms with Crippen LogP contribution in [0.3, 0.4) is 0 Å². The molecule has 0 spiro atoms. The summed E-state index contributed by atoms with van der Waals surface area (Å²) in [5, 5.41) is 0. The first-order chi connectivity index (χ1) is 13.6. The van der Waals surface area contributed by atoms with Crippen molar-refractivity contribution in [1.82, 2.24) is 9.88 Å². The normalized spacial score (nSPS) is 21.4. The standard InChI is InChI=1S/C25H34N2O2/c1-18-9-10-19-11-12-20(21-8-7-14-26-17-21)16-22(19)25(18,5)13-15-27(6)23(28)29-24(2,3)4/h7-8,11-12,14,16-18H,9-10,13,15H2,1-6H3/t18-,25-/m1/s1. The summed E-state index contributed by atoms with van der Waals surface area (Å²) in [7, 11) is 1.83. The summed E-state index contributed by atoms with van der Waals surface area (Å²) in [6.45, 7) is 11.1. The van der Waals surface area contributed by atoms with E-state index >= 15 is 0 Å². The molecular formula is C25H34N2O2. The Balaban J connectivity index is 1.84. The zero-order valence-electron chi connectivity index (χ0n) is 18.7. The van der Waals surface area contributed by atoms with Crippen LogP contribution in [0.1, 0.15) is 58.6 Å². The first-order valence-electron chi connectivity index (χ1n) is 10.6. The van der Waals surface area contributed by atoms with Gasteiger partial charge in [0.15, 0.2) is 0 Å². The van der Waals surface area contributed by atoms with Gasteiger partial charge in [-0.2, -0.15) is 0 Å². The second kappa shape index (κ2) is 8.17. The number of hydrogen-bond acceptors (Lipinski definition) is 3. The lowest BCUT2D eigenvalue weighted by atomic mass is 9.63. The van der Waals surface area contributed by atoms with Gasteiger partial charge in [0, 0.05) is 26.0 Å². The molecule has 1 aliphatic carbocycles. The number of hydrogen-bond donors (Lipinski definition) is 0. The minimum atomic E-state index is -0.474. The van der Waals surface area contributed by atoms with Crippen LogP contribution in [0, 0.1) is 5.92 Å². The van der Waals surface area contributed by atoms with Gasteiger partial charge in [0.05, 0.1) is 0 Å². The fourth-order valence-electron chi connectivity index (χ4n) is 4.21. The van der Waals surface area contributed by atoms with Crippen molar-refractivity contribution in [3.05, 3.63) is 53.9 Å². The van der Waals surface area contributed by atoms with Crippen molar-refractivity contribution in [3.63, 3.8) is 0 Å². The van der Waals surface area contributed by atoms with Crippen molar-refractivity contribution in [1.29, 1.82) is 0 Å². The van der Waals surface area contributed by atoms with Gasteiger partial charge in [0.2, 0.25) is 0 Å². The van der Waals surface area contributed by atoms with Gasteiger partial charge < -0.3 is 9.64 Å². The van der Waals surface area contributed by atoms with E-state index in [4.69, 9.17) is 4.74 Å². The van der Waals surface area contributed by atoms with E-state index in [1.807, 2.05) is 40.1 Å². The predicted octanol–water partition coefficient (Wildman–Crippen LogP) is 5.85. The third kappa shape index (κ3) is 4.80. The SMILES string of the molecule is C[C@@H]1CCc2ccc(-c3cccnc3)cc2[C@]1(C)CCN(C)C(=O)OC(C)(C)C. The van der Waals surface area contributed by atoms with Crippen LogP contribution in [0.2, 0.25) is 0 Å². The number of rotatable bonds is 4. The Hall–Kier alpha value is -2.36. The average Bonchev–Trinajstić information content (AvgIpc) is 2.68. The molecule has 1 heterocycles. The van der Waals surface area contributed by atoms with Gasteiger partial charge in [-0.1, -0.05) is 38.1 Å². The fraction of sp³-hybridized carbons (Fsp3) is 0.520. The number of pyridine rings is 1. The number of ether oxygens (including phenoxy) is 1. The largest absolute Gasteiger partial charge is 0.444 e. The highest BCUT2D eigenvalue weighted by Crippen LogP contribution is 2.45. The molecular weight excluding hydrogens is 360 g/mol. The van der Waals surface area contributed by atoms with Gasteiger partial charge in [-0.05, 0) is 79.7 Å². The van der Waals surface area contributed by atoms with Gasteiger partial charge in [-0.3, -0.25) is 4.98 Å². The third-order valence-electron chi connectivity index (χ3n) is 6.33. The number of amides is 1. The van der Waals surface area contributed by atoms with E-state index in [9.17, 15) is 4.79 Å². The second-order valence-corrected chi connectivity index (χ2v) is 9.62. The highest BCUT2D eigenvalue weighted by Gasteiger charge is 2.38. The van der Waals surface area contributed by atoms with Crippen LogP contribution in [0.5, 0.6) is 0 Å². The van der Waals surface area contributed by atoms with E-state index in [2.05, 4.69) is 43.1 Å². The van der Waals surface area contributed by atoms with Gasteiger partial charge in [0.25, 0.3) is 0 Å². The first kappa shape index (κ1) is 21.4. The minimum absolute atomic E-state index is 0.0159. The van der Waals surface area contributed by atoms with E-state index in [0.29, 0.717) is 12.5 Å². The molecule has 0 saturated heterocycles. The predicted molar refractivity (Wildman–Crippen MR) is 118 cm³/mol. The highest BCUT2D eigenvalue weighted by atomic mass is 16.6. The molecule has 29 heavy (non-hydrogen) atoms. The van der Waals surface area contributed by atoms with Crippen molar-refractivity contribution < 1.29 is 9.53 Å². The molecule has 1 amide bonds. The summed E-state index contributed by atoms with van der Waals surface area (Å²) in [6, 6.07) is 10.9. The molecule has 0 aliphatic heterocycles. The Morgan fingerprint density at radius 1 is 1.28 bits per heavy atom. The zero-order valence-corrected chi connectivity index (χ0v) is 18.7. The van der Waals surface area contributed by atoms with E-state index in [1.165, 1.54) is 23.1 Å². The van der Waals surface area contributed by atoms with Crippen LogP contribution in [-0.4, -0.2) is 35.2 Å². The summed E-state index contributed by atoms with van der Waals surface area (Å²) >= 11 is 0. The van der Waals surface area contributed by atoms with Crippen molar-refractivity contribution in [3.8, 4) is 11.1 Å². The molecule has 1 aliphatic rings. The van der Waals surface area contributed by atoms with E-state index in [-0.39, 0.29) is 11.5 Å². The van der Waals surface area contributed by atoms with Crippen LogP contribution in [0.15, 0.2) is 42.7 Å². The molecule has 3 rings (SSSR count). The monoisotopic (exact) mass is 394 g/mol. The molecule has 0 N–H and O–H groups in total. The van der Waals surface area contributed by atoms with Crippen molar-refractivity contribution in [2.24, 2.45) is 5.92 Å². The lowest BCUT2D eigenvalue weighted by molar-refractivity contribution is 0.0281. The molecule has 2 atom stereocenters. The molecule has 4 nitrogen and oxygen atoms in total. The van der Waals surface area contributed by atoms with Crippen LogP contribution < -0.4 is 0 Å². The van der Waals surface area contributed by atoms with Crippen LogP contribution in [0.25, 0.3) is 11.1 Å². The number of aryl methyl sites for hydroxylation is 1. The molecule has 0 fully saturated rings. The third-order valence-corrected chi connectivity index (χ3v) is 6.33. The molecule has 0 bridgehead atoms. The highest BCUT2D eigenvalue weighted by molar-refractivity contribution is 5.68. The van der Waals surface area contributed by atoms with Crippen LogP contribution in [0.4, 0.5) is 4.79 Å². The molecule has 1 aromatic heterocycles. The number of carbonyl (C=O) groups excluding carboxylic acids is 1. The average molecular weight is 395 g/mol. The molecule has 1 aromatic carbocycles. The molecule has 2 aromatic rings. The van der Waals surface area contributed by atoms with Crippen LogP contribution in [-0.2, 0) is 16.6 Å². The van der Waals surface area contributed by atoms with Gasteiger partial charge in [0.1, 0.15) is 5.60 Å². The lowest BCUT2D eigenvalue weighted by Gasteiger charge is -2.43. The lowest BCUT2D eigenvalue weighted by Crippen LogP contribution is -2.41. The number of fused-ring (bicyclic) bond motifs is 1. The first-order valence-corrected chi connectivity index (χ1v) is 10.6. The van der Waals surface area contributed by atoms with Crippen molar-refractivity contribution >= 4 is 6.09 Å². The maximum atomic E-state index is 12.4. The zero-order chi connectivity index (χ0) is 21.2. The summed E-state index contributed by atoms with van der Waals surface area (Å²) in [6.07, 6.45) is 6.66. The summed E-state index contributed by atoms with van der Waals surface area (Å²) < 4.78 is 5.53. The Labute approximate surface area is 175 Å². The van der Waals surface area contributed by atoms with Crippen LogP contribution >= 0.6 is 0 Å². The molecule has 156 valence electrons. The van der Waals surface area contributed by atoms with E-state index in [1.54, 1.807) is 11.1 Å². The molecule has 4 heteroatoms. The maximum absolute atomic E-state index is 12.4. The van der Waals surface area contributed by atoms with E-state index < -0.39 is 5.60 Å². The molecule has 0 unspecified atom stereocenters. The number of benzene rings is 1. The van der Waals surface area contributed by atoms with E-state index in [0.717, 1.165) is 18.4 Å². The quantitative estimate of drug-likeness (QED) is 0.654. The second-order valence-electron chi connectivity index (χ2n) is 9.62. The Morgan fingerprint density at radius 3 is 2.69 bits per heavy atom. The molecule has 0 saturated carbocycles. The summed E-state index contributed by atoms with van der Waals surface area (Å²) in [5.41, 5.74) is 4.73. The van der Waals surface area contributed by atoms with Crippen molar-refractivity contribution in [2.75, 3.05) is 13.6 Å². The topological polar surface area (TPSA) is 42.4 Å². The minimum Gasteiger partial charge on any atom is -0.444 e. The van der Waals surface area contributed by atoms with Gasteiger partial charge >= 0.3 is 6.09 Å². The molecule has 0 radical (unpaired) electrons. The Kier molecular flexibility index (Phi) is 6.02. The van der Waals surface area contributed by atoms with Crippen molar-refractivity contribution in [2.45, 2.75) is 64.9 Å². The fourth-order valence-corrected chi connectivity index (χ4v) is 4.21. The Morgan fingerprint density at radius 2 is 2.03 bits per heavy atom. The number of nitrogens with zero attached hydrogens (tertiary/aromatic N) is 2. The summed E-state index contributed by atoms with van der Waals surface area (Å²) in [4.78, 5) is 18.4. The summed E-state index contributed by atoms with van der Waals surface area (Å²) in [5.74, 6) is 0.547. The smallest absolute Gasteiger partial charge is 0.410 e. The van der Waals surface area contributed by atoms with Gasteiger partial charge in [-0.25, -0.2) is 4.79 Å².